The Kier molecular flexibility index (Phi) is 3.12. The summed E-state index contributed by atoms with van der Waals surface area (Å²) in [6.45, 7) is 2.46. The summed E-state index contributed by atoms with van der Waals surface area (Å²) in [6.07, 6.45) is 1.40. The highest BCUT2D eigenvalue weighted by Gasteiger charge is 2.09. The van der Waals surface area contributed by atoms with E-state index in [9.17, 15) is 0 Å². The monoisotopic (exact) mass is 186 g/mol. The first-order chi connectivity index (χ1) is 5.75. The van der Waals surface area contributed by atoms with E-state index in [0.717, 1.165) is 0 Å². The SMILES string of the molecule is CCON(C)C(=S)c1ncn[nH]1. The number of aromatic amines is 1. The second-order valence-electron chi connectivity index (χ2n) is 2.05. The first-order valence-corrected chi connectivity index (χ1v) is 3.93. The summed E-state index contributed by atoms with van der Waals surface area (Å²) in [5, 5.41) is 7.81. The fraction of sp³-hybridized carbons (Fsp3) is 0.500. The molecular weight excluding hydrogens is 176 g/mol. The van der Waals surface area contributed by atoms with Crippen LogP contribution in [0.2, 0.25) is 0 Å². The second-order valence-corrected chi connectivity index (χ2v) is 2.44. The van der Waals surface area contributed by atoms with Gasteiger partial charge in [0.25, 0.3) is 0 Å². The third-order valence-corrected chi connectivity index (χ3v) is 1.68. The van der Waals surface area contributed by atoms with Crippen LogP contribution in [0.5, 0.6) is 0 Å². The molecule has 0 saturated heterocycles. The van der Waals surface area contributed by atoms with E-state index in [1.807, 2.05) is 6.92 Å². The van der Waals surface area contributed by atoms with Crippen LogP contribution < -0.4 is 0 Å². The Balaban J connectivity index is 2.59. The summed E-state index contributed by atoms with van der Waals surface area (Å²) < 4.78 is 0. The summed E-state index contributed by atoms with van der Waals surface area (Å²) in [7, 11) is 1.73. The molecule has 66 valence electrons. The van der Waals surface area contributed by atoms with Crippen LogP contribution in [-0.2, 0) is 4.84 Å². The maximum atomic E-state index is 5.13. The number of hydroxylamine groups is 2. The normalized spacial score (nSPS) is 9.83. The van der Waals surface area contributed by atoms with E-state index < -0.39 is 0 Å². The van der Waals surface area contributed by atoms with Gasteiger partial charge in [-0.05, 0) is 6.92 Å². The van der Waals surface area contributed by atoms with Crippen molar-refractivity contribution in [2.75, 3.05) is 13.7 Å². The molecule has 1 N–H and O–H groups in total. The highest BCUT2D eigenvalue weighted by Crippen LogP contribution is 1.97. The molecule has 0 unspecified atom stereocenters. The van der Waals surface area contributed by atoms with Crippen molar-refractivity contribution in [3.63, 3.8) is 0 Å². The number of aromatic nitrogens is 3. The van der Waals surface area contributed by atoms with Gasteiger partial charge in [-0.15, -0.1) is 0 Å². The van der Waals surface area contributed by atoms with Gasteiger partial charge in [0.2, 0.25) is 0 Å². The van der Waals surface area contributed by atoms with Gasteiger partial charge in [-0.25, -0.2) is 10.0 Å². The first-order valence-electron chi connectivity index (χ1n) is 3.52. The summed E-state index contributed by atoms with van der Waals surface area (Å²) in [5.41, 5.74) is 0. The number of hydrogen-bond acceptors (Lipinski definition) is 4. The van der Waals surface area contributed by atoms with Crippen LogP contribution in [0.3, 0.4) is 0 Å². The lowest BCUT2D eigenvalue weighted by molar-refractivity contribution is -0.0701. The minimum atomic E-state index is 0.495. The molecule has 0 aliphatic rings. The topological polar surface area (TPSA) is 54.0 Å². The zero-order valence-electron chi connectivity index (χ0n) is 6.94. The lowest BCUT2D eigenvalue weighted by atomic mass is 10.6. The molecule has 5 nitrogen and oxygen atoms in total. The van der Waals surface area contributed by atoms with Crippen LogP contribution in [0.25, 0.3) is 0 Å². The van der Waals surface area contributed by atoms with Gasteiger partial charge in [0.15, 0.2) is 10.8 Å². The molecule has 1 aromatic rings. The summed E-state index contributed by atoms with van der Waals surface area (Å²) in [6, 6.07) is 0. The zero-order valence-corrected chi connectivity index (χ0v) is 7.76. The standard InChI is InChI=1S/C6H10N4OS/c1-3-11-10(2)6(12)5-7-4-8-9-5/h4H,3H2,1-2H3,(H,7,8,9). The number of H-pyrrole nitrogens is 1. The fourth-order valence-electron chi connectivity index (χ4n) is 0.710. The van der Waals surface area contributed by atoms with Gasteiger partial charge in [-0.3, -0.25) is 9.94 Å². The van der Waals surface area contributed by atoms with Crippen molar-refractivity contribution in [3.8, 4) is 0 Å². The molecule has 0 radical (unpaired) electrons. The summed E-state index contributed by atoms with van der Waals surface area (Å²) in [5.74, 6) is 0.543. The van der Waals surface area contributed by atoms with Gasteiger partial charge in [-0.2, -0.15) is 5.10 Å². The molecule has 1 rings (SSSR count). The van der Waals surface area contributed by atoms with Gasteiger partial charge in [0, 0.05) is 7.05 Å². The molecule has 0 amide bonds. The molecule has 0 fully saturated rings. The van der Waals surface area contributed by atoms with Crippen LogP contribution in [0.4, 0.5) is 0 Å². The van der Waals surface area contributed by atoms with Crippen molar-refractivity contribution in [2.24, 2.45) is 0 Å². The quantitative estimate of drug-likeness (QED) is 0.545. The molecule has 0 aliphatic carbocycles. The van der Waals surface area contributed by atoms with E-state index in [2.05, 4.69) is 15.2 Å². The molecule has 0 spiro atoms. The molecule has 0 aromatic carbocycles. The molecule has 6 heteroatoms. The second kappa shape index (κ2) is 4.13. The van der Waals surface area contributed by atoms with Crippen LogP contribution >= 0.6 is 12.2 Å². The Labute approximate surface area is 75.7 Å². The van der Waals surface area contributed by atoms with E-state index >= 15 is 0 Å². The minimum absolute atomic E-state index is 0.495. The Morgan fingerprint density at radius 3 is 3.08 bits per heavy atom. The zero-order chi connectivity index (χ0) is 8.97. The molecular formula is C6H10N4OS. The smallest absolute Gasteiger partial charge is 0.185 e. The Morgan fingerprint density at radius 1 is 1.83 bits per heavy atom. The third-order valence-electron chi connectivity index (χ3n) is 1.23. The van der Waals surface area contributed by atoms with E-state index in [1.165, 1.54) is 11.4 Å². The van der Waals surface area contributed by atoms with E-state index in [0.29, 0.717) is 17.4 Å². The number of nitrogens with one attached hydrogen (secondary N) is 1. The molecule has 0 bridgehead atoms. The lowest BCUT2D eigenvalue weighted by Gasteiger charge is -2.15. The summed E-state index contributed by atoms with van der Waals surface area (Å²) >= 11 is 5.03. The van der Waals surface area contributed by atoms with Gasteiger partial charge in [0.05, 0.1) is 6.61 Å². The van der Waals surface area contributed by atoms with Gasteiger partial charge >= 0.3 is 0 Å². The van der Waals surface area contributed by atoms with E-state index in [1.54, 1.807) is 7.05 Å². The van der Waals surface area contributed by atoms with Gasteiger partial charge < -0.3 is 0 Å². The maximum absolute atomic E-state index is 5.13. The number of hydrogen-bond donors (Lipinski definition) is 1. The van der Waals surface area contributed by atoms with Crippen molar-refractivity contribution < 1.29 is 4.84 Å². The van der Waals surface area contributed by atoms with Crippen LogP contribution in [0, 0.1) is 0 Å². The third kappa shape index (κ3) is 1.99. The van der Waals surface area contributed by atoms with Crippen molar-refractivity contribution in [2.45, 2.75) is 6.92 Å². The van der Waals surface area contributed by atoms with Gasteiger partial charge in [0.1, 0.15) is 6.33 Å². The van der Waals surface area contributed by atoms with Crippen molar-refractivity contribution in [1.82, 2.24) is 20.2 Å². The Hall–Kier alpha value is -1.01. The van der Waals surface area contributed by atoms with Crippen LogP contribution in [-0.4, -0.2) is 38.9 Å². The van der Waals surface area contributed by atoms with Gasteiger partial charge in [-0.1, -0.05) is 12.2 Å². The maximum Gasteiger partial charge on any atom is 0.185 e. The molecule has 12 heavy (non-hydrogen) atoms. The highest BCUT2D eigenvalue weighted by molar-refractivity contribution is 7.80. The molecule has 1 aromatic heterocycles. The number of thiocarbonyl (C=S) groups is 1. The van der Waals surface area contributed by atoms with E-state index in [4.69, 9.17) is 17.1 Å². The number of rotatable bonds is 3. The molecule has 0 aliphatic heterocycles. The average molecular weight is 186 g/mol. The van der Waals surface area contributed by atoms with Crippen molar-refractivity contribution >= 4 is 17.2 Å². The molecule has 0 saturated carbocycles. The lowest BCUT2D eigenvalue weighted by Crippen LogP contribution is -2.26. The highest BCUT2D eigenvalue weighted by atomic mass is 32.1. The van der Waals surface area contributed by atoms with Crippen molar-refractivity contribution in [3.05, 3.63) is 12.2 Å². The molecule has 0 atom stereocenters. The number of nitrogens with zero attached hydrogens (tertiary/aromatic N) is 3. The Morgan fingerprint density at radius 2 is 2.58 bits per heavy atom. The predicted molar refractivity (Wildman–Crippen MR) is 47.5 cm³/mol. The van der Waals surface area contributed by atoms with Crippen LogP contribution in [0.1, 0.15) is 12.7 Å². The summed E-state index contributed by atoms with van der Waals surface area (Å²) in [4.78, 5) is 9.52. The van der Waals surface area contributed by atoms with Crippen molar-refractivity contribution in [1.29, 1.82) is 0 Å². The largest absolute Gasteiger partial charge is 0.273 e. The predicted octanol–water partition coefficient (Wildman–Crippen LogP) is 0.363. The first kappa shape index (κ1) is 9.08. The average Bonchev–Trinajstić information content (AvgIpc) is 2.55. The molecule has 1 heterocycles. The van der Waals surface area contributed by atoms with Crippen LogP contribution in [0.15, 0.2) is 6.33 Å². The minimum Gasteiger partial charge on any atom is -0.273 e. The fourth-order valence-corrected chi connectivity index (χ4v) is 0.861. The Bertz CT molecular complexity index is 248. The van der Waals surface area contributed by atoms with E-state index in [-0.39, 0.29) is 0 Å².